The quantitative estimate of drug-likeness (QED) is 0.160. The zero-order valence-corrected chi connectivity index (χ0v) is 34.6. The Morgan fingerprint density at radius 3 is 1.44 bits per heavy atom. The van der Waals surface area contributed by atoms with Crippen molar-refractivity contribution in [1.82, 2.24) is 0 Å². The van der Waals surface area contributed by atoms with Crippen LogP contribution in [-0.2, 0) is 10.8 Å². The molecular weight excluding hydrogens is 739 g/mol. The van der Waals surface area contributed by atoms with Gasteiger partial charge >= 0.3 is 0 Å². The molecule has 0 aliphatic heterocycles. The first kappa shape index (κ1) is 36.6. The molecule has 0 unspecified atom stereocenters. The van der Waals surface area contributed by atoms with Crippen molar-refractivity contribution in [3.8, 4) is 33.4 Å². The first-order valence-electron chi connectivity index (χ1n) is 21.3. The van der Waals surface area contributed by atoms with E-state index >= 15 is 0 Å². The molecule has 1 heterocycles. The minimum absolute atomic E-state index is 0.109. The van der Waals surface area contributed by atoms with E-state index in [9.17, 15) is 0 Å². The van der Waals surface area contributed by atoms with Crippen molar-refractivity contribution in [1.29, 1.82) is 0 Å². The highest BCUT2D eigenvalue weighted by Gasteiger charge is 2.45. The van der Waals surface area contributed by atoms with Gasteiger partial charge in [-0.1, -0.05) is 197 Å². The molecule has 2 heteroatoms. The summed E-state index contributed by atoms with van der Waals surface area (Å²) in [5.41, 5.74) is 18.4. The molecule has 0 saturated carbocycles. The second-order valence-corrected chi connectivity index (χ2v) is 17.3. The van der Waals surface area contributed by atoms with E-state index in [1.165, 1.54) is 50.1 Å². The maximum Gasteiger partial charge on any atom is 0.143 e. The molecular formula is C59H45NO. The van der Waals surface area contributed by atoms with Gasteiger partial charge in [-0.3, -0.25) is 0 Å². The maximum atomic E-state index is 6.45. The molecule has 0 N–H and O–H groups in total. The fourth-order valence-electron chi connectivity index (χ4n) is 9.75. The summed E-state index contributed by atoms with van der Waals surface area (Å²) in [6, 6.07) is 79.8. The molecule has 1 aliphatic carbocycles. The Balaban J connectivity index is 1.03. The Morgan fingerprint density at radius 2 is 0.836 bits per heavy atom. The van der Waals surface area contributed by atoms with Crippen LogP contribution in [0.5, 0.6) is 0 Å². The van der Waals surface area contributed by atoms with Crippen LogP contribution in [0.25, 0.3) is 55.3 Å². The summed E-state index contributed by atoms with van der Waals surface area (Å²) >= 11 is 0. The van der Waals surface area contributed by atoms with Crippen molar-refractivity contribution in [2.45, 2.75) is 31.6 Å². The molecule has 0 bridgehead atoms. The molecule has 0 atom stereocenters. The highest BCUT2D eigenvalue weighted by atomic mass is 16.3. The predicted molar refractivity (Wildman–Crippen MR) is 255 cm³/mol. The van der Waals surface area contributed by atoms with E-state index in [0.29, 0.717) is 0 Å². The molecule has 2 nitrogen and oxygen atoms in total. The van der Waals surface area contributed by atoms with E-state index in [1.54, 1.807) is 0 Å². The molecule has 11 rings (SSSR count). The zero-order chi connectivity index (χ0) is 41.1. The first-order chi connectivity index (χ1) is 29.9. The van der Waals surface area contributed by atoms with Crippen molar-refractivity contribution in [3.05, 3.63) is 246 Å². The van der Waals surface area contributed by atoms with Crippen molar-refractivity contribution in [3.63, 3.8) is 0 Å². The fraction of sp³-hybridized carbons (Fsp3) is 0.0847. The van der Waals surface area contributed by atoms with Crippen LogP contribution in [0.15, 0.2) is 223 Å². The van der Waals surface area contributed by atoms with Gasteiger partial charge in [-0.05, 0) is 104 Å². The average molecular weight is 784 g/mol. The lowest BCUT2D eigenvalue weighted by Crippen LogP contribution is -2.28. The lowest BCUT2D eigenvalue weighted by Gasteiger charge is -2.34. The number of benzene rings is 9. The highest BCUT2D eigenvalue weighted by molar-refractivity contribution is 6.09. The number of para-hydroxylation sites is 2. The number of furan rings is 1. The topological polar surface area (TPSA) is 16.4 Å². The molecule has 1 aliphatic rings. The van der Waals surface area contributed by atoms with Crippen LogP contribution < -0.4 is 4.90 Å². The van der Waals surface area contributed by atoms with Crippen LogP contribution >= 0.6 is 0 Å². The van der Waals surface area contributed by atoms with E-state index in [2.05, 4.69) is 232 Å². The normalized spacial score (nSPS) is 13.0. The van der Waals surface area contributed by atoms with Crippen LogP contribution in [-0.4, -0.2) is 0 Å². The van der Waals surface area contributed by atoms with Gasteiger partial charge in [0.15, 0.2) is 0 Å². The molecule has 0 amide bonds. The Labute approximate surface area is 358 Å². The summed E-state index contributed by atoms with van der Waals surface area (Å²) in [6.45, 7) is 6.78. The zero-order valence-electron chi connectivity index (χ0n) is 34.6. The second-order valence-electron chi connectivity index (χ2n) is 17.3. The monoisotopic (exact) mass is 783 g/mol. The minimum atomic E-state index is -0.457. The van der Waals surface area contributed by atoms with Gasteiger partial charge in [0.2, 0.25) is 0 Å². The lowest BCUT2D eigenvalue weighted by molar-refractivity contribution is 0.590. The number of nitrogens with zero attached hydrogens (tertiary/aromatic N) is 1. The molecule has 61 heavy (non-hydrogen) atoms. The third-order valence-electron chi connectivity index (χ3n) is 12.8. The van der Waals surface area contributed by atoms with Gasteiger partial charge in [0.1, 0.15) is 11.2 Å². The molecule has 0 radical (unpaired) electrons. The van der Waals surface area contributed by atoms with Crippen molar-refractivity contribution in [2.75, 3.05) is 4.90 Å². The van der Waals surface area contributed by atoms with Gasteiger partial charge in [0.25, 0.3) is 0 Å². The Bertz CT molecular complexity index is 3140. The molecule has 0 spiro atoms. The van der Waals surface area contributed by atoms with Crippen LogP contribution in [0.1, 0.15) is 48.6 Å². The van der Waals surface area contributed by atoms with Crippen molar-refractivity contribution < 1.29 is 4.42 Å². The van der Waals surface area contributed by atoms with Gasteiger partial charge in [-0.2, -0.15) is 0 Å². The summed E-state index contributed by atoms with van der Waals surface area (Å²) in [4.78, 5) is 2.37. The molecule has 9 aromatic carbocycles. The van der Waals surface area contributed by atoms with Gasteiger partial charge in [0, 0.05) is 33.4 Å². The van der Waals surface area contributed by atoms with Crippen molar-refractivity contribution >= 4 is 39.0 Å². The molecule has 10 aromatic rings. The van der Waals surface area contributed by atoms with Gasteiger partial charge in [-0.15, -0.1) is 0 Å². The maximum absolute atomic E-state index is 6.45. The summed E-state index contributed by atoms with van der Waals surface area (Å²) in [7, 11) is 0. The Morgan fingerprint density at radius 1 is 0.377 bits per heavy atom. The SMILES string of the molecule is CC(C)(C)c1ccc(-c2ccc(N(c3ccc(-c4cccc5c4oc4ccccc45)cc3)c3ccc(C4(c5ccccc5)c5ccccc5-c5ccccc54)cc3)cc2)cc1. The summed E-state index contributed by atoms with van der Waals surface area (Å²) in [5, 5.41) is 2.27. The second kappa shape index (κ2) is 14.4. The number of anilines is 3. The van der Waals surface area contributed by atoms with Gasteiger partial charge in [-0.25, -0.2) is 0 Å². The van der Waals surface area contributed by atoms with Crippen LogP contribution in [0.2, 0.25) is 0 Å². The van der Waals surface area contributed by atoms with Crippen LogP contribution in [0.3, 0.4) is 0 Å². The van der Waals surface area contributed by atoms with Crippen LogP contribution in [0.4, 0.5) is 17.1 Å². The van der Waals surface area contributed by atoms with E-state index in [-0.39, 0.29) is 5.41 Å². The van der Waals surface area contributed by atoms with Crippen molar-refractivity contribution in [2.24, 2.45) is 0 Å². The minimum Gasteiger partial charge on any atom is -0.455 e. The summed E-state index contributed by atoms with van der Waals surface area (Å²) in [6.07, 6.45) is 0. The van der Waals surface area contributed by atoms with E-state index in [1.807, 2.05) is 12.1 Å². The number of hydrogen-bond acceptors (Lipinski definition) is 2. The summed E-state index contributed by atoms with van der Waals surface area (Å²) in [5.74, 6) is 0. The predicted octanol–water partition coefficient (Wildman–Crippen LogP) is 16.1. The fourth-order valence-corrected chi connectivity index (χ4v) is 9.75. The van der Waals surface area contributed by atoms with E-state index < -0.39 is 5.41 Å². The molecule has 292 valence electrons. The number of fused-ring (bicyclic) bond motifs is 6. The van der Waals surface area contributed by atoms with Crippen LogP contribution in [0, 0.1) is 0 Å². The molecule has 0 saturated heterocycles. The smallest absolute Gasteiger partial charge is 0.143 e. The van der Waals surface area contributed by atoms with E-state index in [4.69, 9.17) is 4.42 Å². The van der Waals surface area contributed by atoms with Gasteiger partial charge in [0.05, 0.1) is 5.41 Å². The molecule has 1 aromatic heterocycles. The number of rotatable bonds is 7. The molecule has 0 fully saturated rings. The highest BCUT2D eigenvalue weighted by Crippen LogP contribution is 2.56. The third kappa shape index (κ3) is 6.01. The van der Waals surface area contributed by atoms with Gasteiger partial charge < -0.3 is 9.32 Å². The number of hydrogen-bond donors (Lipinski definition) is 0. The third-order valence-corrected chi connectivity index (χ3v) is 12.8. The Hall–Kier alpha value is -7.42. The van der Waals surface area contributed by atoms with E-state index in [0.717, 1.165) is 50.1 Å². The lowest BCUT2D eigenvalue weighted by atomic mass is 9.68. The standard InChI is InChI=1S/C59H45NO/c1-58(2,3)43-30-24-40(25-31-43)41-26-34-46(35-27-41)60(47-36-28-42(29-37-47)49-19-13-20-53-52-18-9-12-23-56(52)61-57(49)53)48-38-32-45(33-39-48)59(44-14-5-4-6-15-44)54-21-10-7-16-50(54)51-17-8-11-22-55(51)59/h4-39H,1-3H3. The largest absolute Gasteiger partial charge is 0.455 e. The first-order valence-corrected chi connectivity index (χ1v) is 21.3. The summed E-state index contributed by atoms with van der Waals surface area (Å²) < 4.78 is 6.45. The average Bonchev–Trinajstić information content (AvgIpc) is 3.84. The Kier molecular flexibility index (Phi) is 8.65.